The second-order valence-electron chi connectivity index (χ2n) is 23.3. The highest BCUT2D eigenvalue weighted by Gasteiger charge is 2.58. The number of hydrogen-bond donors (Lipinski definition) is 0. The number of aryl methyl sites for hydroxylation is 5. The van der Waals surface area contributed by atoms with E-state index in [1.165, 1.54) is 138 Å². The van der Waals surface area contributed by atoms with Gasteiger partial charge in [-0.25, -0.2) is 0 Å². The Labute approximate surface area is 402 Å². The molecule has 3 heterocycles. The van der Waals surface area contributed by atoms with Crippen LogP contribution in [0.1, 0.15) is 126 Å². The molecule has 0 aromatic heterocycles. The molecule has 11 rings (SSSR count). The Kier molecular flexibility index (Phi) is 9.76. The molecule has 0 N–H and O–H groups in total. The molecule has 3 nitrogen and oxygen atoms in total. The minimum Gasteiger partial charge on any atom is -0.334 e. The zero-order chi connectivity index (χ0) is 47.1. The maximum atomic E-state index is 2.79. The molecule has 7 aromatic rings. The van der Waals surface area contributed by atoms with Crippen molar-refractivity contribution in [2.45, 2.75) is 137 Å². The number of nitrogens with zero attached hydrogens (tertiary/aromatic N) is 3. The summed E-state index contributed by atoms with van der Waals surface area (Å²) >= 11 is 0. The van der Waals surface area contributed by atoms with Crippen molar-refractivity contribution in [2.75, 3.05) is 14.7 Å². The fourth-order valence-electron chi connectivity index (χ4n) is 13.1. The van der Waals surface area contributed by atoms with Crippen molar-refractivity contribution in [3.05, 3.63) is 172 Å². The van der Waals surface area contributed by atoms with Crippen molar-refractivity contribution in [3.8, 4) is 11.1 Å². The van der Waals surface area contributed by atoms with E-state index in [4.69, 9.17) is 0 Å². The van der Waals surface area contributed by atoms with Gasteiger partial charge in [-0.1, -0.05) is 128 Å². The molecule has 4 heteroatoms. The maximum absolute atomic E-state index is 2.79. The maximum Gasteiger partial charge on any atom is 0.252 e. The number of anilines is 8. The van der Waals surface area contributed by atoms with Crippen LogP contribution >= 0.6 is 0 Å². The van der Waals surface area contributed by atoms with Gasteiger partial charge in [-0.2, -0.15) is 0 Å². The molecule has 1 aliphatic carbocycles. The van der Waals surface area contributed by atoms with Crippen LogP contribution in [0.25, 0.3) is 11.1 Å². The van der Waals surface area contributed by atoms with Gasteiger partial charge < -0.3 is 14.7 Å². The standard InChI is InChI=1S/C63H68BN3/c1-39-31-43(5)58-55(32-39)67(63(13)30-17-16-29-62(58,63)12)48-25-28-52-54(38-48)65(46-21-18-20-44(36-46)60(6,7)8)56-33-40(2)34-57-59(56)64(52)51-27-23-45(61(9,10)11)37-53(51)66(57)47-24-26-50(42(4)35-47)49-22-15-14-19-41(49)3/h14-15,18-28,31-38H,16-17,29-30H2,1-13H3. The SMILES string of the molecule is Cc1cc2c3c(c1)N(c1ccc(-c4ccccc4C)c(C)c1)c1cc(C(C)(C)C)ccc1B3c1ccc(N3c4cc(C)cc(C)c4C4(C)CCCCC34C)cc1N2c1cccc(C(C)(C)C)c1. The molecule has 67 heavy (non-hydrogen) atoms. The van der Waals surface area contributed by atoms with Crippen molar-refractivity contribution >= 4 is 68.6 Å². The van der Waals surface area contributed by atoms with Gasteiger partial charge in [0.25, 0.3) is 6.71 Å². The Hall–Kier alpha value is -6.00. The van der Waals surface area contributed by atoms with E-state index in [0.717, 1.165) is 0 Å². The van der Waals surface area contributed by atoms with Crippen LogP contribution < -0.4 is 31.1 Å². The third-order valence-electron chi connectivity index (χ3n) is 16.7. The van der Waals surface area contributed by atoms with Gasteiger partial charge in [-0.15, -0.1) is 0 Å². The number of rotatable bonds is 4. The van der Waals surface area contributed by atoms with E-state index in [9.17, 15) is 0 Å². The Balaban J connectivity index is 1.19. The van der Waals surface area contributed by atoms with Gasteiger partial charge in [-0.3, -0.25) is 0 Å². The van der Waals surface area contributed by atoms with Gasteiger partial charge in [0.2, 0.25) is 0 Å². The smallest absolute Gasteiger partial charge is 0.252 e. The molecular weight excluding hydrogens is 810 g/mol. The average molecular weight is 878 g/mol. The van der Waals surface area contributed by atoms with Gasteiger partial charge in [-0.05, 0) is 198 Å². The molecular formula is C63H68BN3. The van der Waals surface area contributed by atoms with E-state index >= 15 is 0 Å². The summed E-state index contributed by atoms with van der Waals surface area (Å²) in [6, 6.07) is 50.1. The Morgan fingerprint density at radius 3 is 1.73 bits per heavy atom. The summed E-state index contributed by atoms with van der Waals surface area (Å²) < 4.78 is 0. The molecule has 1 saturated carbocycles. The largest absolute Gasteiger partial charge is 0.334 e. The minimum atomic E-state index is -0.0537. The molecule has 0 saturated heterocycles. The summed E-state index contributed by atoms with van der Waals surface area (Å²) in [6.45, 7) is 30.7. The first-order chi connectivity index (χ1) is 31.8. The normalized spacial score (nSPS) is 19.5. The molecule has 7 aromatic carbocycles. The van der Waals surface area contributed by atoms with Gasteiger partial charge in [0.1, 0.15) is 0 Å². The molecule has 0 radical (unpaired) electrons. The van der Waals surface area contributed by atoms with Crippen LogP contribution in [0.15, 0.2) is 127 Å². The summed E-state index contributed by atoms with van der Waals surface area (Å²) in [5.74, 6) is 0. The first kappa shape index (κ1) is 43.6. The molecule has 0 amide bonds. The monoisotopic (exact) mass is 878 g/mol. The average Bonchev–Trinajstić information content (AvgIpc) is 3.48. The quantitative estimate of drug-likeness (QED) is 0.163. The lowest BCUT2D eigenvalue weighted by atomic mass is 9.33. The van der Waals surface area contributed by atoms with Crippen molar-refractivity contribution < 1.29 is 0 Å². The summed E-state index contributed by atoms with van der Waals surface area (Å²) in [5, 5.41) is 0. The lowest BCUT2D eigenvalue weighted by molar-refractivity contribution is 0.194. The minimum absolute atomic E-state index is 0.0110. The summed E-state index contributed by atoms with van der Waals surface area (Å²) in [5.41, 5.74) is 27.6. The van der Waals surface area contributed by atoms with Gasteiger partial charge in [0.15, 0.2) is 0 Å². The molecule has 338 valence electrons. The Bertz CT molecular complexity index is 3180. The lowest BCUT2D eigenvalue weighted by Gasteiger charge is -2.51. The Morgan fingerprint density at radius 1 is 0.463 bits per heavy atom. The van der Waals surface area contributed by atoms with Crippen LogP contribution in [0.4, 0.5) is 45.5 Å². The second kappa shape index (κ2) is 15.0. The first-order valence-corrected chi connectivity index (χ1v) is 25.0. The van der Waals surface area contributed by atoms with Gasteiger partial charge >= 0.3 is 0 Å². The highest BCUT2D eigenvalue weighted by atomic mass is 15.3. The number of hydrogen-bond acceptors (Lipinski definition) is 3. The van der Waals surface area contributed by atoms with Gasteiger partial charge in [0, 0.05) is 50.9 Å². The summed E-state index contributed by atoms with van der Waals surface area (Å²) in [7, 11) is 0. The van der Waals surface area contributed by atoms with Crippen LogP contribution in [-0.2, 0) is 16.2 Å². The molecule has 2 atom stereocenters. The van der Waals surface area contributed by atoms with E-state index in [2.05, 4.69) is 232 Å². The zero-order valence-corrected chi connectivity index (χ0v) is 42.4. The van der Waals surface area contributed by atoms with E-state index in [-0.39, 0.29) is 28.5 Å². The van der Waals surface area contributed by atoms with E-state index < -0.39 is 0 Å². The van der Waals surface area contributed by atoms with Crippen molar-refractivity contribution in [1.82, 2.24) is 0 Å². The third-order valence-corrected chi connectivity index (χ3v) is 16.7. The summed E-state index contributed by atoms with van der Waals surface area (Å²) in [4.78, 5) is 8.02. The molecule has 2 unspecified atom stereocenters. The van der Waals surface area contributed by atoms with Gasteiger partial charge in [0.05, 0.1) is 5.54 Å². The van der Waals surface area contributed by atoms with E-state index in [1.54, 1.807) is 5.56 Å². The predicted octanol–water partition coefficient (Wildman–Crippen LogP) is 15.3. The van der Waals surface area contributed by atoms with Crippen molar-refractivity contribution in [3.63, 3.8) is 0 Å². The highest BCUT2D eigenvalue weighted by Crippen LogP contribution is 2.62. The third kappa shape index (κ3) is 6.52. The summed E-state index contributed by atoms with van der Waals surface area (Å²) in [6.07, 6.45) is 4.91. The zero-order valence-electron chi connectivity index (χ0n) is 42.4. The van der Waals surface area contributed by atoms with Crippen LogP contribution in [0, 0.1) is 34.6 Å². The molecule has 3 aliphatic heterocycles. The second-order valence-corrected chi connectivity index (χ2v) is 23.3. The van der Waals surface area contributed by atoms with Crippen LogP contribution in [0.5, 0.6) is 0 Å². The lowest BCUT2D eigenvalue weighted by Crippen LogP contribution is -2.61. The predicted molar refractivity (Wildman–Crippen MR) is 290 cm³/mol. The fraction of sp³-hybridized carbons (Fsp3) is 0.333. The van der Waals surface area contributed by atoms with Crippen LogP contribution in [0.2, 0.25) is 0 Å². The topological polar surface area (TPSA) is 9.72 Å². The molecule has 4 aliphatic rings. The number of benzene rings is 7. The van der Waals surface area contributed by atoms with Crippen molar-refractivity contribution in [2.24, 2.45) is 0 Å². The Morgan fingerprint density at radius 2 is 1.04 bits per heavy atom. The molecule has 1 fully saturated rings. The highest BCUT2D eigenvalue weighted by molar-refractivity contribution is 7.00. The van der Waals surface area contributed by atoms with Crippen LogP contribution in [0.3, 0.4) is 0 Å². The fourth-order valence-corrected chi connectivity index (χ4v) is 13.1. The number of fused-ring (bicyclic) bond motifs is 7. The van der Waals surface area contributed by atoms with E-state index in [0.29, 0.717) is 0 Å². The molecule has 0 bridgehead atoms. The van der Waals surface area contributed by atoms with Crippen molar-refractivity contribution in [1.29, 1.82) is 0 Å². The van der Waals surface area contributed by atoms with Crippen LogP contribution in [-0.4, -0.2) is 12.3 Å². The van der Waals surface area contributed by atoms with E-state index in [1.807, 2.05) is 0 Å². The first-order valence-electron chi connectivity index (χ1n) is 25.0. The molecule has 0 spiro atoms.